The highest BCUT2D eigenvalue weighted by Crippen LogP contribution is 2.37. The van der Waals surface area contributed by atoms with Gasteiger partial charge in [0.25, 0.3) is 0 Å². The number of hydrazone groups is 1. The third-order valence-electron chi connectivity index (χ3n) is 4.44. The van der Waals surface area contributed by atoms with Gasteiger partial charge in [0.15, 0.2) is 0 Å². The van der Waals surface area contributed by atoms with Crippen LogP contribution >= 0.6 is 23.2 Å². The Morgan fingerprint density at radius 2 is 1.62 bits per heavy atom. The fraction of sp³-hybridized carbons (Fsp3) is 0.0952. The smallest absolute Gasteiger partial charge is 0.115 e. The first kappa shape index (κ1) is 17.0. The number of hydrogen-bond donors (Lipinski definition) is 1. The predicted molar refractivity (Wildman–Crippen MR) is 107 cm³/mol. The molecule has 130 valence electrons. The second-order valence-electron chi connectivity index (χ2n) is 6.19. The highest BCUT2D eigenvalue weighted by Gasteiger charge is 2.30. The summed E-state index contributed by atoms with van der Waals surface area (Å²) in [6, 6.07) is 22.7. The van der Waals surface area contributed by atoms with Crippen molar-refractivity contribution in [2.45, 2.75) is 12.5 Å². The SMILES string of the molecule is Oc1ccc(C2=NN(c3cccc(Cl)c3)C(c3ccc(Cl)cc3)C2)cc1. The molecule has 0 saturated carbocycles. The summed E-state index contributed by atoms with van der Waals surface area (Å²) in [5, 5.41) is 17.8. The molecule has 0 aliphatic carbocycles. The van der Waals surface area contributed by atoms with Gasteiger partial charge in [-0.1, -0.05) is 41.4 Å². The van der Waals surface area contributed by atoms with Gasteiger partial charge in [0.2, 0.25) is 0 Å². The van der Waals surface area contributed by atoms with Crippen molar-refractivity contribution in [3.05, 3.63) is 94.0 Å². The quantitative estimate of drug-likeness (QED) is 0.597. The lowest BCUT2D eigenvalue weighted by molar-refractivity contribution is 0.475. The zero-order valence-electron chi connectivity index (χ0n) is 13.8. The van der Waals surface area contributed by atoms with E-state index in [9.17, 15) is 5.11 Å². The average Bonchev–Trinajstić information content (AvgIpc) is 3.08. The van der Waals surface area contributed by atoms with Crippen molar-refractivity contribution in [3.63, 3.8) is 0 Å². The second kappa shape index (κ2) is 7.02. The van der Waals surface area contributed by atoms with Gasteiger partial charge in [-0.25, -0.2) is 0 Å². The van der Waals surface area contributed by atoms with E-state index in [1.54, 1.807) is 12.1 Å². The molecule has 26 heavy (non-hydrogen) atoms. The summed E-state index contributed by atoms with van der Waals surface area (Å²) in [5.74, 6) is 0.244. The Morgan fingerprint density at radius 1 is 0.885 bits per heavy atom. The van der Waals surface area contributed by atoms with Crippen LogP contribution in [0.15, 0.2) is 77.9 Å². The van der Waals surface area contributed by atoms with Crippen LogP contribution in [0.3, 0.4) is 0 Å². The van der Waals surface area contributed by atoms with E-state index in [0.29, 0.717) is 10.0 Å². The summed E-state index contributed by atoms with van der Waals surface area (Å²) in [4.78, 5) is 0. The van der Waals surface area contributed by atoms with Crippen molar-refractivity contribution < 1.29 is 5.11 Å². The van der Waals surface area contributed by atoms with Crippen LogP contribution < -0.4 is 5.01 Å². The van der Waals surface area contributed by atoms with E-state index in [4.69, 9.17) is 28.3 Å². The van der Waals surface area contributed by atoms with Crippen molar-refractivity contribution in [1.29, 1.82) is 0 Å². The molecule has 3 aromatic rings. The molecule has 4 rings (SSSR count). The second-order valence-corrected chi connectivity index (χ2v) is 7.06. The van der Waals surface area contributed by atoms with E-state index in [-0.39, 0.29) is 11.8 Å². The van der Waals surface area contributed by atoms with Gasteiger partial charge in [-0.05, 0) is 65.7 Å². The van der Waals surface area contributed by atoms with Gasteiger partial charge in [0.1, 0.15) is 5.75 Å². The van der Waals surface area contributed by atoms with Crippen LogP contribution in [0.2, 0.25) is 10.0 Å². The number of phenols is 1. The number of phenolic OH excluding ortho intramolecular Hbond substituents is 1. The number of aromatic hydroxyl groups is 1. The van der Waals surface area contributed by atoms with Crippen LogP contribution in [0.1, 0.15) is 23.6 Å². The van der Waals surface area contributed by atoms with Crippen LogP contribution in [0, 0.1) is 0 Å². The zero-order valence-corrected chi connectivity index (χ0v) is 15.3. The van der Waals surface area contributed by atoms with E-state index >= 15 is 0 Å². The molecule has 1 heterocycles. The summed E-state index contributed by atoms with van der Waals surface area (Å²) in [6.07, 6.45) is 0.749. The molecule has 0 aromatic heterocycles. The lowest BCUT2D eigenvalue weighted by Gasteiger charge is -2.24. The van der Waals surface area contributed by atoms with Crippen LogP contribution in [0.5, 0.6) is 5.75 Å². The maximum Gasteiger partial charge on any atom is 0.115 e. The largest absolute Gasteiger partial charge is 0.508 e. The number of nitrogens with zero attached hydrogens (tertiary/aromatic N) is 2. The molecule has 1 aliphatic heterocycles. The van der Waals surface area contributed by atoms with Gasteiger partial charge >= 0.3 is 0 Å². The lowest BCUT2D eigenvalue weighted by Crippen LogP contribution is -2.18. The number of hydrogen-bond acceptors (Lipinski definition) is 3. The Hall–Kier alpha value is -2.49. The monoisotopic (exact) mass is 382 g/mol. The Kier molecular flexibility index (Phi) is 4.58. The predicted octanol–water partition coefficient (Wildman–Crippen LogP) is 6.05. The molecular formula is C21H16Cl2N2O. The Balaban J connectivity index is 1.75. The van der Waals surface area contributed by atoms with Crippen LogP contribution in [-0.4, -0.2) is 10.8 Å². The van der Waals surface area contributed by atoms with Gasteiger partial charge in [0, 0.05) is 16.5 Å². The lowest BCUT2D eigenvalue weighted by atomic mass is 9.98. The van der Waals surface area contributed by atoms with Crippen molar-refractivity contribution in [2.24, 2.45) is 5.10 Å². The van der Waals surface area contributed by atoms with Gasteiger partial charge in [-0.3, -0.25) is 5.01 Å². The first-order valence-electron chi connectivity index (χ1n) is 8.27. The fourth-order valence-corrected chi connectivity index (χ4v) is 3.45. The maximum atomic E-state index is 9.54. The molecule has 3 aromatic carbocycles. The van der Waals surface area contributed by atoms with Crippen LogP contribution in [0.25, 0.3) is 0 Å². The third kappa shape index (κ3) is 3.41. The highest BCUT2D eigenvalue weighted by atomic mass is 35.5. The maximum absolute atomic E-state index is 9.54. The summed E-state index contributed by atoms with van der Waals surface area (Å²) < 4.78 is 0. The molecule has 0 radical (unpaired) electrons. The molecule has 3 nitrogen and oxygen atoms in total. The van der Waals surface area contributed by atoms with E-state index in [1.165, 1.54) is 0 Å². The molecule has 5 heteroatoms. The van der Waals surface area contributed by atoms with Gasteiger partial charge in [0.05, 0.1) is 17.4 Å². The minimum atomic E-state index is 0.0505. The van der Waals surface area contributed by atoms with Gasteiger partial charge < -0.3 is 5.11 Å². The van der Waals surface area contributed by atoms with Crippen molar-refractivity contribution in [1.82, 2.24) is 0 Å². The van der Waals surface area contributed by atoms with Crippen LogP contribution in [-0.2, 0) is 0 Å². The zero-order chi connectivity index (χ0) is 18.1. The topological polar surface area (TPSA) is 35.8 Å². The van der Waals surface area contributed by atoms with Gasteiger partial charge in [-0.15, -0.1) is 0 Å². The van der Waals surface area contributed by atoms with Crippen LogP contribution in [0.4, 0.5) is 5.69 Å². The van der Waals surface area contributed by atoms with E-state index in [0.717, 1.165) is 28.9 Å². The normalized spacial score (nSPS) is 16.6. The number of anilines is 1. The molecule has 0 bridgehead atoms. The molecule has 0 saturated heterocycles. The van der Waals surface area contributed by atoms with Crippen molar-refractivity contribution in [2.75, 3.05) is 5.01 Å². The summed E-state index contributed by atoms with van der Waals surface area (Å²) in [5.41, 5.74) is 4.02. The standard InChI is InChI=1S/C21H16Cl2N2O/c22-16-8-4-15(5-9-16)21-13-20(14-6-10-19(26)11-7-14)24-25(21)18-3-1-2-17(23)12-18/h1-12,21,26H,13H2. The molecular weight excluding hydrogens is 367 g/mol. The van der Waals surface area contributed by atoms with E-state index < -0.39 is 0 Å². The van der Waals surface area contributed by atoms with E-state index in [2.05, 4.69) is 0 Å². The van der Waals surface area contributed by atoms with Crippen molar-refractivity contribution in [3.8, 4) is 5.75 Å². The highest BCUT2D eigenvalue weighted by molar-refractivity contribution is 6.31. The minimum Gasteiger partial charge on any atom is -0.508 e. The number of halogens is 2. The minimum absolute atomic E-state index is 0.0505. The first-order valence-corrected chi connectivity index (χ1v) is 9.03. The average molecular weight is 383 g/mol. The number of rotatable bonds is 3. The molecule has 0 amide bonds. The first-order chi connectivity index (χ1) is 12.6. The molecule has 0 fully saturated rings. The number of benzene rings is 3. The van der Waals surface area contributed by atoms with Gasteiger partial charge in [-0.2, -0.15) is 5.10 Å². The molecule has 1 unspecified atom stereocenters. The summed E-state index contributed by atoms with van der Waals surface area (Å²) >= 11 is 12.2. The summed E-state index contributed by atoms with van der Waals surface area (Å²) in [6.45, 7) is 0. The Labute approximate surface area is 162 Å². The van der Waals surface area contributed by atoms with Crippen molar-refractivity contribution >= 4 is 34.6 Å². The molecule has 0 spiro atoms. The Morgan fingerprint density at radius 3 is 2.31 bits per heavy atom. The summed E-state index contributed by atoms with van der Waals surface area (Å²) in [7, 11) is 0. The molecule has 1 N–H and O–H groups in total. The molecule has 1 aliphatic rings. The third-order valence-corrected chi connectivity index (χ3v) is 4.93. The Bertz CT molecular complexity index is 953. The molecule has 1 atom stereocenters. The fourth-order valence-electron chi connectivity index (χ4n) is 3.14. The van der Waals surface area contributed by atoms with E-state index in [1.807, 2.05) is 65.7 Å².